The summed E-state index contributed by atoms with van der Waals surface area (Å²) in [4.78, 5) is 14.8. The Hall–Kier alpha value is -7.83. The fraction of sp³-hybridized carbons (Fsp3) is 0. The third-order valence-electron chi connectivity index (χ3n) is 11.2. The van der Waals surface area contributed by atoms with Crippen LogP contribution in [0.5, 0.6) is 0 Å². The smallest absolute Gasteiger partial charge is 0.164 e. The number of hydrogen-bond acceptors (Lipinski definition) is 4. The topological polar surface area (TPSA) is 61.7 Å². The lowest BCUT2D eigenvalue weighted by Gasteiger charge is -2.11. The zero-order chi connectivity index (χ0) is 37.5. The molecule has 4 heterocycles. The molecule has 12 aromatic rings. The molecule has 0 aliphatic rings. The van der Waals surface area contributed by atoms with Crippen LogP contribution in [0.1, 0.15) is 0 Å². The molecule has 4 aromatic heterocycles. The number of aromatic nitrogens is 5. The van der Waals surface area contributed by atoms with Crippen molar-refractivity contribution in [1.29, 1.82) is 0 Å². The molecule has 57 heavy (non-hydrogen) atoms. The number of hydrogen-bond donors (Lipinski definition) is 0. The largest absolute Gasteiger partial charge is 0.454 e. The molecule has 0 spiro atoms. The van der Waals surface area contributed by atoms with Gasteiger partial charge in [-0.05, 0) is 66.7 Å². The second-order valence-electron chi connectivity index (χ2n) is 14.4. The van der Waals surface area contributed by atoms with E-state index in [9.17, 15) is 0 Å². The van der Waals surface area contributed by atoms with E-state index in [2.05, 4.69) is 130 Å². The van der Waals surface area contributed by atoms with Crippen LogP contribution in [0, 0.1) is 0 Å². The molecule has 6 heteroatoms. The Balaban J connectivity index is 1.08. The Labute approximate surface area is 326 Å². The van der Waals surface area contributed by atoms with Crippen molar-refractivity contribution in [2.45, 2.75) is 0 Å². The van der Waals surface area contributed by atoms with E-state index in [0.717, 1.165) is 82.8 Å². The van der Waals surface area contributed by atoms with Gasteiger partial charge in [0.1, 0.15) is 5.58 Å². The summed E-state index contributed by atoms with van der Waals surface area (Å²) in [6, 6.07) is 65.5. The molecule has 0 amide bonds. The average Bonchev–Trinajstić information content (AvgIpc) is 3.94. The first-order chi connectivity index (χ1) is 28.3. The van der Waals surface area contributed by atoms with E-state index in [4.69, 9.17) is 19.4 Å². The van der Waals surface area contributed by atoms with Crippen molar-refractivity contribution in [2.24, 2.45) is 0 Å². The summed E-state index contributed by atoms with van der Waals surface area (Å²) < 4.78 is 11.4. The number of rotatable bonds is 5. The summed E-state index contributed by atoms with van der Waals surface area (Å²) in [6.45, 7) is 0. The van der Waals surface area contributed by atoms with Crippen molar-refractivity contribution in [3.05, 3.63) is 188 Å². The van der Waals surface area contributed by atoms with Crippen molar-refractivity contribution in [1.82, 2.24) is 24.1 Å². The van der Waals surface area contributed by atoms with Crippen LogP contribution in [0.25, 0.3) is 111 Å². The van der Waals surface area contributed by atoms with Crippen LogP contribution in [-0.4, -0.2) is 24.1 Å². The molecule has 266 valence electrons. The standard InChI is InChI=1S/C51H31N5O/c1-4-14-32(15-5-1)49-52-50(33-16-6-2-7-17-33)54-51(53-49)34-24-26-36(27-25-34)55-43-22-12-10-20-37(43)41-30-45-42(31-44(41)55)39-28-29-40-38-21-11-13-23-46(38)57-48(40)47(39)56(45)35-18-8-3-9-19-35/h1-31H. The highest BCUT2D eigenvalue weighted by molar-refractivity contribution is 6.24. The first kappa shape index (κ1) is 31.5. The predicted molar refractivity (Wildman–Crippen MR) is 232 cm³/mol. The predicted octanol–water partition coefficient (Wildman–Crippen LogP) is 13.0. The second-order valence-corrected chi connectivity index (χ2v) is 14.4. The molecule has 0 aliphatic carbocycles. The third kappa shape index (κ3) is 4.87. The number of para-hydroxylation sites is 3. The fourth-order valence-corrected chi connectivity index (χ4v) is 8.56. The molecule has 0 fully saturated rings. The van der Waals surface area contributed by atoms with E-state index < -0.39 is 0 Å². The van der Waals surface area contributed by atoms with Gasteiger partial charge < -0.3 is 13.6 Å². The Morgan fingerprint density at radius 1 is 0.333 bits per heavy atom. The fourth-order valence-electron chi connectivity index (χ4n) is 8.56. The van der Waals surface area contributed by atoms with Crippen molar-refractivity contribution >= 4 is 65.6 Å². The van der Waals surface area contributed by atoms with Gasteiger partial charge in [-0.15, -0.1) is 0 Å². The maximum atomic E-state index is 6.67. The van der Waals surface area contributed by atoms with Crippen LogP contribution in [0.3, 0.4) is 0 Å². The maximum Gasteiger partial charge on any atom is 0.164 e. The summed E-state index contributed by atoms with van der Waals surface area (Å²) in [7, 11) is 0. The summed E-state index contributed by atoms with van der Waals surface area (Å²) >= 11 is 0. The van der Waals surface area contributed by atoms with Gasteiger partial charge in [-0.1, -0.05) is 121 Å². The molecule has 0 aliphatic heterocycles. The molecule has 6 nitrogen and oxygen atoms in total. The molecular weight excluding hydrogens is 699 g/mol. The van der Waals surface area contributed by atoms with Gasteiger partial charge in [0.05, 0.1) is 22.1 Å². The van der Waals surface area contributed by atoms with E-state index in [1.807, 2.05) is 66.7 Å². The maximum absolute atomic E-state index is 6.67. The summed E-state index contributed by atoms with van der Waals surface area (Å²) in [5.41, 5.74) is 11.2. The Morgan fingerprint density at radius 2 is 0.825 bits per heavy atom. The summed E-state index contributed by atoms with van der Waals surface area (Å²) in [5, 5.41) is 6.91. The monoisotopic (exact) mass is 729 g/mol. The first-order valence-electron chi connectivity index (χ1n) is 19.1. The van der Waals surface area contributed by atoms with E-state index in [-0.39, 0.29) is 0 Å². The van der Waals surface area contributed by atoms with Gasteiger partial charge in [0.25, 0.3) is 0 Å². The molecule has 8 aromatic carbocycles. The van der Waals surface area contributed by atoms with Gasteiger partial charge in [-0.25, -0.2) is 15.0 Å². The van der Waals surface area contributed by atoms with Crippen LogP contribution in [-0.2, 0) is 0 Å². The lowest BCUT2D eigenvalue weighted by molar-refractivity contribution is 0.671. The van der Waals surface area contributed by atoms with Crippen molar-refractivity contribution < 1.29 is 4.42 Å². The van der Waals surface area contributed by atoms with E-state index in [1.54, 1.807) is 0 Å². The zero-order valence-electron chi connectivity index (χ0n) is 30.5. The van der Waals surface area contributed by atoms with Gasteiger partial charge in [0.15, 0.2) is 23.1 Å². The minimum atomic E-state index is 0.629. The van der Waals surface area contributed by atoms with Crippen LogP contribution < -0.4 is 0 Å². The van der Waals surface area contributed by atoms with Crippen LogP contribution in [0.2, 0.25) is 0 Å². The lowest BCUT2D eigenvalue weighted by Crippen LogP contribution is -2.00. The lowest BCUT2D eigenvalue weighted by atomic mass is 10.1. The molecule has 0 saturated heterocycles. The minimum absolute atomic E-state index is 0.629. The van der Waals surface area contributed by atoms with Gasteiger partial charge in [0, 0.05) is 60.4 Å². The van der Waals surface area contributed by atoms with Crippen LogP contribution >= 0.6 is 0 Å². The van der Waals surface area contributed by atoms with Gasteiger partial charge in [0.2, 0.25) is 0 Å². The SMILES string of the molecule is c1ccc(-c2nc(-c3ccccc3)nc(-c3ccc(-n4c5ccccc5c5cc6c(cc54)c4ccc5c7ccccc7oc5c4n6-c4ccccc4)cc3)n2)cc1. The normalized spacial score (nSPS) is 11.9. The molecule has 0 unspecified atom stereocenters. The zero-order valence-corrected chi connectivity index (χ0v) is 30.5. The minimum Gasteiger partial charge on any atom is -0.454 e. The molecule has 0 bridgehead atoms. The average molecular weight is 730 g/mol. The third-order valence-corrected chi connectivity index (χ3v) is 11.2. The molecule has 0 saturated carbocycles. The molecule has 12 rings (SSSR count). The van der Waals surface area contributed by atoms with Crippen molar-refractivity contribution in [3.8, 4) is 45.5 Å². The Kier molecular flexibility index (Phi) is 6.83. The van der Waals surface area contributed by atoms with Gasteiger partial charge >= 0.3 is 0 Å². The summed E-state index contributed by atoms with van der Waals surface area (Å²) in [5.74, 6) is 1.91. The van der Waals surface area contributed by atoms with Crippen LogP contribution in [0.4, 0.5) is 0 Å². The number of nitrogens with zero attached hydrogens (tertiary/aromatic N) is 5. The first-order valence-corrected chi connectivity index (χ1v) is 19.1. The molecule has 0 N–H and O–H groups in total. The molecule has 0 radical (unpaired) electrons. The second kappa shape index (κ2) is 12.3. The molecular formula is C51H31N5O. The number of fused-ring (bicyclic) bond motifs is 10. The van der Waals surface area contributed by atoms with Crippen molar-refractivity contribution in [2.75, 3.05) is 0 Å². The highest BCUT2D eigenvalue weighted by atomic mass is 16.3. The van der Waals surface area contributed by atoms with E-state index >= 15 is 0 Å². The number of furan rings is 1. The highest BCUT2D eigenvalue weighted by Crippen LogP contribution is 2.43. The Morgan fingerprint density at radius 3 is 1.49 bits per heavy atom. The van der Waals surface area contributed by atoms with Gasteiger partial charge in [-0.3, -0.25) is 0 Å². The Bertz CT molecular complexity index is 3430. The van der Waals surface area contributed by atoms with Gasteiger partial charge in [-0.2, -0.15) is 0 Å². The number of benzene rings is 8. The molecule has 0 atom stereocenters. The quantitative estimate of drug-likeness (QED) is 0.177. The highest BCUT2D eigenvalue weighted by Gasteiger charge is 2.22. The van der Waals surface area contributed by atoms with E-state index in [0.29, 0.717) is 17.5 Å². The van der Waals surface area contributed by atoms with Crippen molar-refractivity contribution in [3.63, 3.8) is 0 Å². The van der Waals surface area contributed by atoms with Crippen LogP contribution in [0.15, 0.2) is 192 Å². The van der Waals surface area contributed by atoms with E-state index in [1.165, 1.54) is 10.8 Å². The summed E-state index contributed by atoms with van der Waals surface area (Å²) in [6.07, 6.45) is 0.